The van der Waals surface area contributed by atoms with Gasteiger partial charge in [-0.1, -0.05) is 24.3 Å². The first-order valence-corrected chi connectivity index (χ1v) is 10.2. The number of likely N-dealkylation sites (N-methyl/N-ethyl adjacent to an activating group) is 1. The van der Waals surface area contributed by atoms with E-state index in [0.717, 1.165) is 65.1 Å². The standard InChI is InChI=1S/C22H24BrN3O/c1-25-10-12-26(13-11-25)14-15-27-18-7-8-19(20(23)16-18)22-9-6-17-4-2-3-5-21(17)24-22/h2-9,16H,10-15H2,1H3. The Labute approximate surface area is 168 Å². The van der Waals surface area contributed by atoms with Crippen molar-refractivity contribution in [3.63, 3.8) is 0 Å². The van der Waals surface area contributed by atoms with E-state index >= 15 is 0 Å². The van der Waals surface area contributed by atoms with Crippen molar-refractivity contribution in [1.29, 1.82) is 0 Å². The molecule has 0 unspecified atom stereocenters. The number of hydrogen-bond acceptors (Lipinski definition) is 4. The van der Waals surface area contributed by atoms with Crippen LogP contribution in [0.4, 0.5) is 0 Å². The number of piperazine rings is 1. The van der Waals surface area contributed by atoms with Crippen molar-refractivity contribution in [3.8, 4) is 17.0 Å². The van der Waals surface area contributed by atoms with Gasteiger partial charge in [-0.15, -0.1) is 0 Å². The third-order valence-electron chi connectivity index (χ3n) is 5.09. The normalized spacial score (nSPS) is 15.9. The van der Waals surface area contributed by atoms with Crippen LogP contribution in [0.15, 0.2) is 59.1 Å². The number of hydrogen-bond donors (Lipinski definition) is 0. The van der Waals surface area contributed by atoms with Gasteiger partial charge in [0.25, 0.3) is 0 Å². The number of benzene rings is 2. The third-order valence-corrected chi connectivity index (χ3v) is 5.74. The molecule has 0 atom stereocenters. The molecule has 0 spiro atoms. The maximum absolute atomic E-state index is 5.97. The number of rotatable bonds is 5. The van der Waals surface area contributed by atoms with E-state index < -0.39 is 0 Å². The lowest BCUT2D eigenvalue weighted by atomic mass is 10.1. The second kappa shape index (κ2) is 8.38. The highest BCUT2D eigenvalue weighted by Crippen LogP contribution is 2.31. The van der Waals surface area contributed by atoms with Gasteiger partial charge in [0.2, 0.25) is 0 Å². The highest BCUT2D eigenvalue weighted by molar-refractivity contribution is 9.10. The second-order valence-corrected chi connectivity index (χ2v) is 7.88. The number of aromatic nitrogens is 1. The van der Waals surface area contributed by atoms with Crippen molar-refractivity contribution < 1.29 is 4.74 Å². The molecule has 5 heteroatoms. The van der Waals surface area contributed by atoms with Crippen molar-refractivity contribution in [3.05, 3.63) is 59.1 Å². The maximum Gasteiger partial charge on any atom is 0.120 e. The first-order chi connectivity index (χ1) is 13.2. The summed E-state index contributed by atoms with van der Waals surface area (Å²) in [5.41, 5.74) is 3.05. The highest BCUT2D eigenvalue weighted by atomic mass is 79.9. The molecule has 3 aromatic rings. The van der Waals surface area contributed by atoms with Crippen LogP contribution in [0, 0.1) is 0 Å². The van der Waals surface area contributed by atoms with E-state index in [0.29, 0.717) is 6.61 Å². The fraction of sp³-hybridized carbons (Fsp3) is 0.318. The third kappa shape index (κ3) is 4.49. The summed E-state index contributed by atoms with van der Waals surface area (Å²) in [5, 5.41) is 1.15. The molecular weight excluding hydrogens is 402 g/mol. The molecule has 1 aliphatic rings. The molecule has 140 valence electrons. The SMILES string of the molecule is CN1CCN(CCOc2ccc(-c3ccc4ccccc4n3)c(Br)c2)CC1. The number of para-hydroxylation sites is 1. The summed E-state index contributed by atoms with van der Waals surface area (Å²) in [6.45, 7) is 6.20. The van der Waals surface area contributed by atoms with Crippen molar-refractivity contribution in [2.45, 2.75) is 0 Å². The molecule has 1 aromatic heterocycles. The summed E-state index contributed by atoms with van der Waals surface area (Å²) in [7, 11) is 2.18. The number of ether oxygens (including phenoxy) is 1. The Hall–Kier alpha value is -1.95. The molecule has 0 amide bonds. The largest absolute Gasteiger partial charge is 0.492 e. The van der Waals surface area contributed by atoms with Crippen LogP contribution in [0.5, 0.6) is 5.75 Å². The molecule has 2 heterocycles. The van der Waals surface area contributed by atoms with Crippen molar-refractivity contribution in [2.24, 2.45) is 0 Å². The molecule has 1 saturated heterocycles. The average Bonchev–Trinajstić information content (AvgIpc) is 2.69. The number of nitrogens with zero attached hydrogens (tertiary/aromatic N) is 3. The lowest BCUT2D eigenvalue weighted by Crippen LogP contribution is -2.45. The van der Waals surface area contributed by atoms with E-state index in [1.807, 2.05) is 30.3 Å². The average molecular weight is 426 g/mol. The first kappa shape index (κ1) is 18.4. The van der Waals surface area contributed by atoms with Crippen LogP contribution in [-0.4, -0.2) is 61.2 Å². The van der Waals surface area contributed by atoms with Gasteiger partial charge in [0.1, 0.15) is 12.4 Å². The summed E-state index contributed by atoms with van der Waals surface area (Å²) >= 11 is 3.69. The van der Waals surface area contributed by atoms with E-state index in [1.165, 1.54) is 0 Å². The Morgan fingerprint density at radius 2 is 1.81 bits per heavy atom. The lowest BCUT2D eigenvalue weighted by molar-refractivity contribution is 0.133. The van der Waals surface area contributed by atoms with Crippen LogP contribution >= 0.6 is 15.9 Å². The molecule has 0 radical (unpaired) electrons. The van der Waals surface area contributed by atoms with Gasteiger partial charge in [-0.25, -0.2) is 4.98 Å². The van der Waals surface area contributed by atoms with E-state index in [9.17, 15) is 0 Å². The van der Waals surface area contributed by atoms with Gasteiger partial charge in [0.05, 0.1) is 11.2 Å². The topological polar surface area (TPSA) is 28.6 Å². The van der Waals surface area contributed by atoms with Gasteiger partial charge < -0.3 is 9.64 Å². The number of halogens is 1. The van der Waals surface area contributed by atoms with Crippen LogP contribution in [0.2, 0.25) is 0 Å². The van der Waals surface area contributed by atoms with Gasteiger partial charge in [-0.05, 0) is 53.3 Å². The molecule has 4 rings (SSSR count). The van der Waals surface area contributed by atoms with Crippen molar-refractivity contribution >= 4 is 26.8 Å². The van der Waals surface area contributed by atoms with Gasteiger partial charge in [-0.2, -0.15) is 0 Å². The van der Waals surface area contributed by atoms with Gasteiger partial charge in [0, 0.05) is 48.1 Å². The van der Waals surface area contributed by atoms with Crippen molar-refractivity contribution in [2.75, 3.05) is 46.4 Å². The van der Waals surface area contributed by atoms with E-state index in [-0.39, 0.29) is 0 Å². The molecule has 4 nitrogen and oxygen atoms in total. The fourth-order valence-corrected chi connectivity index (χ4v) is 3.93. The zero-order chi connectivity index (χ0) is 18.6. The lowest BCUT2D eigenvalue weighted by Gasteiger charge is -2.32. The zero-order valence-electron chi connectivity index (χ0n) is 15.6. The highest BCUT2D eigenvalue weighted by Gasteiger charge is 2.13. The Bertz CT molecular complexity index is 922. The summed E-state index contributed by atoms with van der Waals surface area (Å²) in [6.07, 6.45) is 0. The van der Waals surface area contributed by atoms with Crippen LogP contribution in [0.3, 0.4) is 0 Å². The van der Waals surface area contributed by atoms with Crippen molar-refractivity contribution in [1.82, 2.24) is 14.8 Å². The molecular formula is C22H24BrN3O. The smallest absolute Gasteiger partial charge is 0.120 e. The molecule has 0 aliphatic carbocycles. The van der Waals surface area contributed by atoms with Crippen LogP contribution in [-0.2, 0) is 0 Å². The fourth-order valence-electron chi connectivity index (χ4n) is 3.37. The van der Waals surface area contributed by atoms with Crippen LogP contribution < -0.4 is 4.74 Å². The van der Waals surface area contributed by atoms with E-state index in [2.05, 4.69) is 57.0 Å². The van der Waals surface area contributed by atoms with Gasteiger partial charge in [-0.3, -0.25) is 4.90 Å². The Balaban J connectivity index is 1.41. The molecule has 0 saturated carbocycles. The van der Waals surface area contributed by atoms with Crippen LogP contribution in [0.1, 0.15) is 0 Å². The predicted molar refractivity (Wildman–Crippen MR) is 114 cm³/mol. The molecule has 27 heavy (non-hydrogen) atoms. The predicted octanol–water partition coefficient (Wildman–Crippen LogP) is 4.29. The molecule has 2 aromatic carbocycles. The summed E-state index contributed by atoms with van der Waals surface area (Å²) in [5.74, 6) is 0.889. The van der Waals surface area contributed by atoms with Gasteiger partial charge in [0.15, 0.2) is 0 Å². The summed E-state index contributed by atoms with van der Waals surface area (Å²) in [4.78, 5) is 9.61. The quantitative estimate of drug-likeness (QED) is 0.609. The molecule has 1 fully saturated rings. The maximum atomic E-state index is 5.97. The minimum atomic E-state index is 0.712. The first-order valence-electron chi connectivity index (χ1n) is 9.38. The Kier molecular flexibility index (Phi) is 5.72. The monoisotopic (exact) mass is 425 g/mol. The summed E-state index contributed by atoms with van der Waals surface area (Å²) in [6, 6.07) is 18.5. The Morgan fingerprint density at radius 3 is 2.63 bits per heavy atom. The number of fused-ring (bicyclic) bond motifs is 1. The van der Waals surface area contributed by atoms with Gasteiger partial charge >= 0.3 is 0 Å². The Morgan fingerprint density at radius 1 is 1.00 bits per heavy atom. The van der Waals surface area contributed by atoms with E-state index in [1.54, 1.807) is 0 Å². The van der Waals surface area contributed by atoms with Crippen LogP contribution in [0.25, 0.3) is 22.2 Å². The summed E-state index contributed by atoms with van der Waals surface area (Å²) < 4.78 is 6.97. The molecule has 0 N–H and O–H groups in total. The van der Waals surface area contributed by atoms with E-state index in [4.69, 9.17) is 9.72 Å². The second-order valence-electron chi connectivity index (χ2n) is 7.02. The number of pyridine rings is 1. The minimum Gasteiger partial charge on any atom is -0.492 e. The zero-order valence-corrected chi connectivity index (χ0v) is 17.2. The molecule has 1 aliphatic heterocycles. The minimum absolute atomic E-state index is 0.712. The molecule has 0 bridgehead atoms.